The molecule has 0 saturated carbocycles. The van der Waals surface area contributed by atoms with Gasteiger partial charge < -0.3 is 24.4 Å². The van der Waals surface area contributed by atoms with Crippen LogP contribution in [0.1, 0.15) is 0 Å². The number of nitrogens with one attached hydrogen (secondary N) is 1. The molecule has 2 aliphatic rings. The van der Waals surface area contributed by atoms with E-state index in [0.29, 0.717) is 36.1 Å². The summed E-state index contributed by atoms with van der Waals surface area (Å²) in [7, 11) is 0. The molecule has 0 radical (unpaired) electrons. The lowest BCUT2D eigenvalue weighted by Crippen LogP contribution is -2.50. The van der Waals surface area contributed by atoms with Crippen molar-refractivity contribution in [1.29, 1.82) is 0 Å². The number of amides is 2. The molecule has 1 aromatic rings. The minimum absolute atomic E-state index is 0.0293. The van der Waals surface area contributed by atoms with Gasteiger partial charge in [-0.3, -0.25) is 9.59 Å². The number of nitrogens with zero attached hydrogens (tertiary/aromatic N) is 1. The number of morpholine rings is 1. The van der Waals surface area contributed by atoms with E-state index >= 15 is 0 Å². The van der Waals surface area contributed by atoms with Gasteiger partial charge in [-0.2, -0.15) is 11.8 Å². The molecule has 23 heavy (non-hydrogen) atoms. The number of rotatable bonds is 4. The Morgan fingerprint density at radius 1 is 1.35 bits per heavy atom. The summed E-state index contributed by atoms with van der Waals surface area (Å²) in [6.07, 6.45) is 1.21. The number of anilines is 1. The van der Waals surface area contributed by atoms with Crippen molar-refractivity contribution in [2.75, 3.05) is 43.8 Å². The predicted molar refractivity (Wildman–Crippen MR) is 85.9 cm³/mol. The smallest absolute Gasteiger partial charge is 0.255 e. The summed E-state index contributed by atoms with van der Waals surface area (Å²) in [5.41, 5.74) is 0.607. The monoisotopic (exact) mass is 338 g/mol. The van der Waals surface area contributed by atoms with Crippen LogP contribution in [0, 0.1) is 0 Å². The summed E-state index contributed by atoms with van der Waals surface area (Å²) in [6, 6.07) is 5.19. The fourth-order valence-corrected chi connectivity index (χ4v) is 2.88. The van der Waals surface area contributed by atoms with Crippen LogP contribution in [0.4, 0.5) is 5.69 Å². The highest BCUT2D eigenvalue weighted by atomic mass is 32.2. The Bertz CT molecular complexity index is 610. The molecule has 8 heteroatoms. The Labute approximate surface area is 138 Å². The molecular formula is C15H18N2O5S. The molecule has 0 aliphatic carbocycles. The van der Waals surface area contributed by atoms with Crippen molar-refractivity contribution in [3.8, 4) is 11.5 Å². The number of ether oxygens (including phenoxy) is 3. The van der Waals surface area contributed by atoms with Crippen molar-refractivity contribution in [1.82, 2.24) is 4.90 Å². The van der Waals surface area contributed by atoms with Gasteiger partial charge in [-0.15, -0.1) is 0 Å². The third-order valence-corrected chi connectivity index (χ3v) is 4.16. The van der Waals surface area contributed by atoms with Gasteiger partial charge >= 0.3 is 0 Å². The van der Waals surface area contributed by atoms with E-state index in [2.05, 4.69) is 5.32 Å². The molecular weight excluding hydrogens is 320 g/mol. The molecule has 0 aromatic heterocycles. The molecule has 124 valence electrons. The fraction of sp³-hybridized carbons (Fsp3) is 0.467. The topological polar surface area (TPSA) is 77.1 Å². The van der Waals surface area contributed by atoms with E-state index in [9.17, 15) is 9.59 Å². The van der Waals surface area contributed by atoms with Crippen LogP contribution in [0.25, 0.3) is 0 Å². The Balaban J connectivity index is 1.60. The van der Waals surface area contributed by atoms with Gasteiger partial charge in [0.25, 0.3) is 5.91 Å². The highest BCUT2D eigenvalue weighted by Crippen LogP contribution is 2.34. The van der Waals surface area contributed by atoms with Crippen LogP contribution < -0.4 is 14.8 Å². The highest BCUT2D eigenvalue weighted by molar-refractivity contribution is 7.99. The van der Waals surface area contributed by atoms with E-state index < -0.39 is 6.10 Å². The van der Waals surface area contributed by atoms with Gasteiger partial charge in [0, 0.05) is 18.3 Å². The van der Waals surface area contributed by atoms with Crippen LogP contribution >= 0.6 is 11.8 Å². The van der Waals surface area contributed by atoms with Gasteiger partial charge in [0.1, 0.15) is 0 Å². The van der Waals surface area contributed by atoms with Gasteiger partial charge in [0.15, 0.2) is 17.6 Å². The van der Waals surface area contributed by atoms with Gasteiger partial charge in [-0.25, -0.2) is 0 Å². The summed E-state index contributed by atoms with van der Waals surface area (Å²) in [4.78, 5) is 26.0. The molecule has 1 aromatic carbocycles. The number of benzene rings is 1. The zero-order valence-electron chi connectivity index (χ0n) is 12.7. The van der Waals surface area contributed by atoms with Crippen molar-refractivity contribution in [3.05, 3.63) is 18.2 Å². The fourth-order valence-electron chi connectivity index (χ4n) is 2.45. The number of carbonyl (C=O) groups excluding carboxylic acids is 2. The van der Waals surface area contributed by atoms with Gasteiger partial charge in [0.2, 0.25) is 12.7 Å². The van der Waals surface area contributed by atoms with Crippen LogP contribution in [0.2, 0.25) is 0 Å². The van der Waals surface area contributed by atoms with Crippen LogP contribution in [-0.4, -0.2) is 61.3 Å². The highest BCUT2D eigenvalue weighted by Gasteiger charge is 2.29. The molecule has 0 unspecified atom stereocenters. The average molecular weight is 338 g/mol. The van der Waals surface area contributed by atoms with Crippen LogP contribution in [0.3, 0.4) is 0 Å². The van der Waals surface area contributed by atoms with Crippen molar-refractivity contribution >= 4 is 29.3 Å². The second-order valence-corrected chi connectivity index (χ2v) is 6.06. The Morgan fingerprint density at radius 2 is 2.17 bits per heavy atom. The predicted octanol–water partition coefficient (Wildman–Crippen LogP) is 0.944. The van der Waals surface area contributed by atoms with E-state index in [1.165, 1.54) is 11.8 Å². The molecule has 7 nitrogen and oxygen atoms in total. The van der Waals surface area contributed by atoms with Crippen LogP contribution in [0.5, 0.6) is 11.5 Å². The lowest BCUT2D eigenvalue weighted by Gasteiger charge is -2.32. The van der Waals surface area contributed by atoms with E-state index in [-0.39, 0.29) is 25.2 Å². The van der Waals surface area contributed by atoms with E-state index in [0.717, 1.165) is 0 Å². The Hall–Kier alpha value is -1.93. The Kier molecular flexibility index (Phi) is 4.92. The first-order valence-corrected chi connectivity index (χ1v) is 8.65. The molecule has 3 rings (SSSR count). The summed E-state index contributed by atoms with van der Waals surface area (Å²) in [6.45, 7) is 1.34. The maximum absolute atomic E-state index is 12.3. The normalized spacial score (nSPS) is 19.5. The van der Waals surface area contributed by atoms with E-state index in [4.69, 9.17) is 14.2 Å². The molecule has 1 saturated heterocycles. The van der Waals surface area contributed by atoms with Crippen molar-refractivity contribution in [2.45, 2.75) is 6.10 Å². The average Bonchev–Trinajstić information content (AvgIpc) is 3.03. The van der Waals surface area contributed by atoms with Crippen molar-refractivity contribution in [3.63, 3.8) is 0 Å². The molecule has 2 aliphatic heterocycles. The minimum Gasteiger partial charge on any atom is -0.454 e. The third-order valence-electron chi connectivity index (χ3n) is 3.62. The first-order chi connectivity index (χ1) is 11.2. The summed E-state index contributed by atoms with van der Waals surface area (Å²) in [5, 5.41) is 2.79. The second kappa shape index (κ2) is 7.10. The number of fused-ring (bicyclic) bond motifs is 1. The van der Waals surface area contributed by atoms with Crippen LogP contribution in [-0.2, 0) is 14.3 Å². The van der Waals surface area contributed by atoms with Crippen LogP contribution in [0.15, 0.2) is 18.2 Å². The molecule has 0 spiro atoms. The molecule has 1 fully saturated rings. The summed E-state index contributed by atoms with van der Waals surface area (Å²) >= 11 is 1.47. The Morgan fingerprint density at radius 3 is 3.00 bits per heavy atom. The molecule has 2 heterocycles. The lowest BCUT2D eigenvalue weighted by molar-refractivity contribution is -0.142. The SMILES string of the molecule is CSCC(=O)N1CCO[C@@H](C(=O)Nc2ccc3c(c2)OCO3)C1. The second-order valence-electron chi connectivity index (χ2n) is 5.19. The molecule has 1 N–H and O–H groups in total. The number of hydrogen-bond acceptors (Lipinski definition) is 6. The summed E-state index contributed by atoms with van der Waals surface area (Å²) < 4.78 is 16.0. The zero-order chi connectivity index (χ0) is 16.2. The molecule has 0 bridgehead atoms. The van der Waals surface area contributed by atoms with Gasteiger partial charge in [-0.1, -0.05) is 0 Å². The van der Waals surface area contributed by atoms with E-state index in [1.54, 1.807) is 23.1 Å². The van der Waals surface area contributed by atoms with E-state index in [1.807, 2.05) is 6.26 Å². The van der Waals surface area contributed by atoms with Gasteiger partial charge in [0.05, 0.1) is 18.9 Å². The summed E-state index contributed by atoms with van der Waals surface area (Å²) in [5.74, 6) is 1.43. The number of hydrogen-bond donors (Lipinski definition) is 1. The molecule has 2 amide bonds. The first kappa shape index (κ1) is 15.9. The molecule has 1 atom stereocenters. The third kappa shape index (κ3) is 3.70. The first-order valence-electron chi connectivity index (χ1n) is 7.26. The number of carbonyl (C=O) groups is 2. The largest absolute Gasteiger partial charge is 0.454 e. The standard InChI is InChI=1S/C15H18N2O5S/c1-23-8-14(18)17-4-5-20-13(7-17)15(19)16-10-2-3-11-12(6-10)22-9-21-11/h2-3,6,13H,4-5,7-9H2,1H3,(H,16,19)/t13-/m1/s1. The maximum atomic E-state index is 12.3. The zero-order valence-corrected chi connectivity index (χ0v) is 13.6. The lowest BCUT2D eigenvalue weighted by atomic mass is 10.2. The quantitative estimate of drug-likeness (QED) is 0.881. The van der Waals surface area contributed by atoms with Crippen molar-refractivity contribution in [2.24, 2.45) is 0 Å². The maximum Gasteiger partial charge on any atom is 0.255 e. The van der Waals surface area contributed by atoms with Gasteiger partial charge in [-0.05, 0) is 18.4 Å². The number of thioether (sulfide) groups is 1. The van der Waals surface area contributed by atoms with Crippen molar-refractivity contribution < 1.29 is 23.8 Å². The minimum atomic E-state index is -0.667.